The molecule has 2 nitrogen and oxygen atoms in total. The Bertz CT molecular complexity index is 401. The Morgan fingerprint density at radius 1 is 1.25 bits per heavy atom. The van der Waals surface area contributed by atoms with Gasteiger partial charge in [-0.2, -0.15) is 0 Å². The lowest BCUT2D eigenvalue weighted by Crippen LogP contribution is -2.13. The molecule has 1 rings (SSSR count). The zero-order valence-corrected chi connectivity index (χ0v) is 12.3. The van der Waals surface area contributed by atoms with E-state index >= 15 is 0 Å². The molecule has 0 radical (unpaired) electrons. The lowest BCUT2D eigenvalue weighted by Gasteiger charge is -2.14. The van der Waals surface area contributed by atoms with Crippen molar-refractivity contribution in [1.29, 1.82) is 0 Å². The molecule has 0 aliphatic carbocycles. The number of aryl methyl sites for hydroxylation is 1. The molecular formula is C17H25FO2. The summed E-state index contributed by atoms with van der Waals surface area (Å²) < 4.78 is 13.9. The molecule has 112 valence electrons. The van der Waals surface area contributed by atoms with Gasteiger partial charge in [-0.25, -0.2) is 4.39 Å². The van der Waals surface area contributed by atoms with E-state index in [0.717, 1.165) is 12.0 Å². The van der Waals surface area contributed by atoms with E-state index in [-0.39, 0.29) is 12.5 Å². The maximum absolute atomic E-state index is 13.9. The van der Waals surface area contributed by atoms with Gasteiger partial charge >= 0.3 is 0 Å². The van der Waals surface area contributed by atoms with E-state index in [1.807, 2.05) is 44.2 Å². The summed E-state index contributed by atoms with van der Waals surface area (Å²) in [6, 6.07) is 9.71. The number of rotatable bonds is 8. The molecule has 0 aromatic heterocycles. The van der Waals surface area contributed by atoms with Gasteiger partial charge in [-0.1, -0.05) is 44.2 Å². The third-order valence-electron chi connectivity index (χ3n) is 3.27. The van der Waals surface area contributed by atoms with Crippen LogP contribution in [0.2, 0.25) is 0 Å². The molecule has 0 bridgehead atoms. The third-order valence-corrected chi connectivity index (χ3v) is 3.27. The lowest BCUT2D eigenvalue weighted by atomic mass is 9.96. The van der Waals surface area contributed by atoms with Gasteiger partial charge in [0.2, 0.25) is 0 Å². The first-order chi connectivity index (χ1) is 9.52. The first-order valence-corrected chi connectivity index (χ1v) is 7.23. The fourth-order valence-corrected chi connectivity index (χ4v) is 2.22. The van der Waals surface area contributed by atoms with Crippen LogP contribution in [0.25, 0.3) is 0 Å². The maximum Gasteiger partial charge on any atom is 0.125 e. The largest absolute Gasteiger partial charge is 0.396 e. The van der Waals surface area contributed by atoms with Crippen molar-refractivity contribution in [2.75, 3.05) is 6.61 Å². The summed E-state index contributed by atoms with van der Waals surface area (Å²) in [7, 11) is 0. The molecule has 0 fully saturated rings. The summed E-state index contributed by atoms with van der Waals surface area (Å²) >= 11 is 0. The summed E-state index contributed by atoms with van der Waals surface area (Å²) in [6.07, 6.45) is 1.99. The smallest absolute Gasteiger partial charge is 0.125 e. The Kier molecular flexibility index (Phi) is 7.48. The zero-order valence-electron chi connectivity index (χ0n) is 12.3. The molecule has 0 saturated carbocycles. The summed E-state index contributed by atoms with van der Waals surface area (Å²) in [5.41, 5.74) is 1.08. The van der Waals surface area contributed by atoms with Crippen molar-refractivity contribution in [3.63, 3.8) is 0 Å². The molecule has 3 heteroatoms. The van der Waals surface area contributed by atoms with Crippen LogP contribution in [-0.4, -0.2) is 22.9 Å². The normalized spacial score (nSPS) is 15.4. The molecule has 0 aliphatic heterocycles. The van der Waals surface area contributed by atoms with E-state index in [0.29, 0.717) is 18.8 Å². The predicted molar refractivity (Wildman–Crippen MR) is 80.0 cm³/mol. The van der Waals surface area contributed by atoms with Crippen LogP contribution in [0.1, 0.15) is 32.3 Å². The highest BCUT2D eigenvalue weighted by atomic mass is 19.1. The van der Waals surface area contributed by atoms with Crippen LogP contribution in [0.4, 0.5) is 4.39 Å². The number of hydrogen-bond acceptors (Lipinski definition) is 2. The van der Waals surface area contributed by atoms with Crippen molar-refractivity contribution < 1.29 is 14.6 Å². The Morgan fingerprint density at radius 2 is 1.90 bits per heavy atom. The van der Waals surface area contributed by atoms with Crippen LogP contribution in [0.3, 0.4) is 0 Å². The minimum atomic E-state index is -1.09. The van der Waals surface area contributed by atoms with Gasteiger partial charge in [0.05, 0.1) is 0 Å². The average Bonchev–Trinajstić information content (AvgIpc) is 2.44. The van der Waals surface area contributed by atoms with Crippen molar-refractivity contribution in [2.45, 2.75) is 39.2 Å². The second-order valence-corrected chi connectivity index (χ2v) is 5.66. The summed E-state index contributed by atoms with van der Waals surface area (Å²) in [5, 5.41) is 19.1. The van der Waals surface area contributed by atoms with Gasteiger partial charge in [-0.3, -0.25) is 0 Å². The maximum atomic E-state index is 13.9. The number of aliphatic hydroxyl groups excluding tert-OH is 2. The van der Waals surface area contributed by atoms with Crippen LogP contribution >= 0.6 is 0 Å². The number of halogens is 1. The monoisotopic (exact) mass is 280 g/mol. The highest BCUT2D eigenvalue weighted by Gasteiger charge is 2.14. The minimum absolute atomic E-state index is 0.0863. The van der Waals surface area contributed by atoms with Crippen LogP contribution < -0.4 is 0 Å². The van der Waals surface area contributed by atoms with Gasteiger partial charge in [0.25, 0.3) is 0 Å². The molecule has 1 aromatic carbocycles. The first kappa shape index (κ1) is 16.9. The van der Waals surface area contributed by atoms with E-state index in [9.17, 15) is 14.6 Å². The topological polar surface area (TPSA) is 40.5 Å². The molecule has 0 aliphatic rings. The predicted octanol–water partition coefficient (Wildman–Crippen LogP) is 3.49. The highest BCUT2D eigenvalue weighted by Crippen LogP contribution is 2.19. The summed E-state index contributed by atoms with van der Waals surface area (Å²) in [4.78, 5) is 0. The fourth-order valence-electron chi connectivity index (χ4n) is 2.22. The van der Waals surface area contributed by atoms with Crippen LogP contribution in [0.5, 0.6) is 0 Å². The molecule has 0 saturated heterocycles. The average molecular weight is 280 g/mol. The second kappa shape index (κ2) is 8.88. The lowest BCUT2D eigenvalue weighted by molar-refractivity contribution is 0.168. The van der Waals surface area contributed by atoms with Crippen LogP contribution in [0.15, 0.2) is 42.2 Å². The fraction of sp³-hybridized carbons (Fsp3) is 0.529. The number of aliphatic hydroxyl groups is 2. The van der Waals surface area contributed by atoms with Gasteiger partial charge in [0.15, 0.2) is 0 Å². The van der Waals surface area contributed by atoms with Crippen molar-refractivity contribution in [1.82, 2.24) is 0 Å². The van der Waals surface area contributed by atoms with Gasteiger partial charge < -0.3 is 10.2 Å². The first-order valence-electron chi connectivity index (χ1n) is 7.23. The molecule has 0 unspecified atom stereocenters. The van der Waals surface area contributed by atoms with E-state index < -0.39 is 11.9 Å². The number of benzene rings is 1. The van der Waals surface area contributed by atoms with Crippen molar-refractivity contribution in [2.24, 2.45) is 11.8 Å². The van der Waals surface area contributed by atoms with Crippen LogP contribution in [0, 0.1) is 11.8 Å². The Morgan fingerprint density at radius 3 is 2.45 bits per heavy atom. The molecule has 2 N–H and O–H groups in total. The molecule has 1 aromatic rings. The van der Waals surface area contributed by atoms with E-state index in [2.05, 4.69) is 0 Å². The van der Waals surface area contributed by atoms with Crippen LogP contribution in [-0.2, 0) is 6.42 Å². The molecular weight excluding hydrogens is 255 g/mol. The molecule has 0 heterocycles. The van der Waals surface area contributed by atoms with Gasteiger partial charge in [-0.05, 0) is 36.8 Å². The van der Waals surface area contributed by atoms with Gasteiger partial charge in [-0.15, -0.1) is 0 Å². The number of hydrogen-bond donors (Lipinski definition) is 2. The quantitative estimate of drug-likeness (QED) is 0.765. The van der Waals surface area contributed by atoms with Gasteiger partial charge in [0, 0.05) is 12.5 Å². The third kappa shape index (κ3) is 6.31. The minimum Gasteiger partial charge on any atom is -0.396 e. The van der Waals surface area contributed by atoms with E-state index in [1.54, 1.807) is 0 Å². The van der Waals surface area contributed by atoms with Crippen molar-refractivity contribution in [3.05, 3.63) is 47.8 Å². The van der Waals surface area contributed by atoms with E-state index in [1.165, 1.54) is 6.08 Å². The SMILES string of the molecule is CC(C)C[C@H](/C=C(\F)[C@@H](O)CCc1ccccc1)CO. The molecule has 2 atom stereocenters. The Balaban J connectivity index is 2.50. The van der Waals surface area contributed by atoms with Crippen molar-refractivity contribution in [3.8, 4) is 0 Å². The summed E-state index contributed by atoms with van der Waals surface area (Å²) in [6.45, 7) is 3.97. The van der Waals surface area contributed by atoms with E-state index in [4.69, 9.17) is 0 Å². The highest BCUT2D eigenvalue weighted by molar-refractivity contribution is 5.15. The molecule has 0 amide bonds. The molecule has 20 heavy (non-hydrogen) atoms. The zero-order chi connectivity index (χ0) is 15.0. The molecule has 0 spiro atoms. The standard InChI is InChI=1S/C17H25FO2/c1-13(2)10-15(12-19)11-16(18)17(20)9-8-14-6-4-3-5-7-14/h3-7,11,13,15,17,19-20H,8-10,12H2,1-2H3/b16-11-/t15-,17+/m1/s1. The summed E-state index contributed by atoms with van der Waals surface area (Å²) in [5.74, 6) is -0.361. The van der Waals surface area contributed by atoms with Gasteiger partial charge in [0.1, 0.15) is 11.9 Å². The Hall–Kier alpha value is -1.19. The second-order valence-electron chi connectivity index (χ2n) is 5.66. The Labute approximate surface area is 121 Å². The van der Waals surface area contributed by atoms with Crippen molar-refractivity contribution >= 4 is 0 Å².